The molecule has 7 rings (SSSR count). The Morgan fingerprint density at radius 1 is 0.852 bits per heavy atom. The Morgan fingerprint density at radius 2 is 1.51 bits per heavy atom. The van der Waals surface area contributed by atoms with E-state index >= 15 is 0 Å². The maximum atomic E-state index is 13.8. The summed E-state index contributed by atoms with van der Waals surface area (Å²) in [5.74, 6) is -1.16. The summed E-state index contributed by atoms with van der Waals surface area (Å²) >= 11 is 12.7. The monoisotopic (exact) mass is 918 g/mol. The van der Waals surface area contributed by atoms with Crippen LogP contribution in [0.25, 0.3) is 0 Å². The summed E-state index contributed by atoms with van der Waals surface area (Å²) in [6.07, 6.45) is -6.65. The molecular formula is C43H47Cl3F6N4O5. The van der Waals surface area contributed by atoms with E-state index in [4.69, 9.17) is 32.7 Å². The van der Waals surface area contributed by atoms with Gasteiger partial charge in [-0.1, -0.05) is 53.5 Å². The molecule has 2 atom stereocenters. The Bertz CT molecular complexity index is 2060. The minimum absolute atomic E-state index is 0. The number of carbonyl (C=O) groups excluding carboxylic acids is 3. The summed E-state index contributed by atoms with van der Waals surface area (Å²) in [7, 11) is 0. The fourth-order valence-electron chi connectivity index (χ4n) is 9.37. The number of halogens is 9. The van der Waals surface area contributed by atoms with Gasteiger partial charge in [0, 0.05) is 50.1 Å². The first-order chi connectivity index (χ1) is 28.4. The third-order valence-corrected chi connectivity index (χ3v) is 13.3. The van der Waals surface area contributed by atoms with Crippen LogP contribution in [0.5, 0.6) is 0 Å². The van der Waals surface area contributed by atoms with E-state index in [0.29, 0.717) is 76.1 Å². The highest BCUT2D eigenvalue weighted by Crippen LogP contribution is 2.48. The van der Waals surface area contributed by atoms with Crippen molar-refractivity contribution in [1.29, 1.82) is 0 Å². The molecule has 3 aromatic carbocycles. The third-order valence-electron chi connectivity index (χ3n) is 12.6. The van der Waals surface area contributed by atoms with Crippen molar-refractivity contribution in [3.63, 3.8) is 0 Å². The van der Waals surface area contributed by atoms with Gasteiger partial charge in [-0.2, -0.15) is 26.3 Å². The molecule has 0 aromatic heterocycles. The molecule has 332 valence electrons. The molecule has 18 heteroatoms. The van der Waals surface area contributed by atoms with E-state index in [2.05, 4.69) is 22.3 Å². The number of benzene rings is 3. The van der Waals surface area contributed by atoms with Crippen molar-refractivity contribution in [3.05, 3.63) is 104 Å². The SMILES string of the molecule is CC(=O)NC1CCN(C(=O)CO[C@H]2Cc3ccccc3C23CCN(CC[C@@]2(c4ccc(Cl)c(Cl)c4)CN(C(=O)c4cc(C(F)(F)F)cc(C(F)(F)F)c4)CCO2)CC3)CC1.Cl. The number of piperidine rings is 2. The van der Waals surface area contributed by atoms with E-state index in [9.17, 15) is 40.7 Å². The Morgan fingerprint density at radius 3 is 2.13 bits per heavy atom. The molecule has 3 amide bonds. The van der Waals surface area contributed by atoms with Crippen molar-refractivity contribution in [2.24, 2.45) is 0 Å². The molecule has 1 N–H and O–H groups in total. The summed E-state index contributed by atoms with van der Waals surface area (Å²) in [6, 6.07) is 14.1. The van der Waals surface area contributed by atoms with Crippen LogP contribution in [-0.4, -0.2) is 104 Å². The number of rotatable bonds is 9. The van der Waals surface area contributed by atoms with E-state index in [1.807, 2.05) is 12.1 Å². The molecule has 1 aliphatic carbocycles. The maximum absolute atomic E-state index is 13.8. The van der Waals surface area contributed by atoms with Gasteiger partial charge in [0.25, 0.3) is 5.91 Å². The predicted octanol–water partition coefficient (Wildman–Crippen LogP) is 8.31. The van der Waals surface area contributed by atoms with Crippen LogP contribution in [0.15, 0.2) is 60.7 Å². The summed E-state index contributed by atoms with van der Waals surface area (Å²) < 4.78 is 95.3. The van der Waals surface area contributed by atoms with Crippen LogP contribution >= 0.6 is 35.6 Å². The Balaban J connectivity index is 0.00000622. The van der Waals surface area contributed by atoms with Gasteiger partial charge in [-0.3, -0.25) is 14.4 Å². The van der Waals surface area contributed by atoms with Gasteiger partial charge >= 0.3 is 12.4 Å². The molecule has 4 aliphatic rings. The minimum atomic E-state index is -5.11. The van der Waals surface area contributed by atoms with E-state index in [-0.39, 0.29) is 84.2 Å². The topological polar surface area (TPSA) is 91.4 Å². The molecule has 9 nitrogen and oxygen atoms in total. The van der Waals surface area contributed by atoms with Gasteiger partial charge in [0.05, 0.1) is 40.4 Å². The Hall–Kier alpha value is -3.60. The molecule has 3 aliphatic heterocycles. The van der Waals surface area contributed by atoms with Crippen molar-refractivity contribution >= 4 is 53.3 Å². The van der Waals surface area contributed by atoms with Crippen LogP contribution in [0.4, 0.5) is 26.3 Å². The van der Waals surface area contributed by atoms with Crippen molar-refractivity contribution in [3.8, 4) is 0 Å². The zero-order valence-electron chi connectivity index (χ0n) is 33.3. The number of carbonyl (C=O) groups is 3. The first-order valence-electron chi connectivity index (χ1n) is 20.0. The second-order valence-electron chi connectivity index (χ2n) is 16.3. The molecule has 3 fully saturated rings. The van der Waals surface area contributed by atoms with Gasteiger partial charge in [-0.05, 0) is 98.6 Å². The number of hydrogen-bond acceptors (Lipinski definition) is 6. The lowest BCUT2D eigenvalue weighted by molar-refractivity contribution is -0.143. The molecule has 0 bridgehead atoms. The largest absolute Gasteiger partial charge is 0.416 e. The number of morpholine rings is 1. The van der Waals surface area contributed by atoms with Crippen molar-refractivity contribution < 1.29 is 50.2 Å². The minimum Gasteiger partial charge on any atom is -0.367 e. The van der Waals surface area contributed by atoms with E-state index in [0.717, 1.165) is 12.8 Å². The fraction of sp³-hybridized carbons (Fsp3) is 0.512. The summed E-state index contributed by atoms with van der Waals surface area (Å²) in [6.45, 7) is 4.04. The summed E-state index contributed by atoms with van der Waals surface area (Å²) in [5.41, 5.74) is -2.49. The highest BCUT2D eigenvalue weighted by Gasteiger charge is 2.50. The van der Waals surface area contributed by atoms with Crippen molar-refractivity contribution in [1.82, 2.24) is 20.0 Å². The standard InChI is InChI=1S/C43H46Cl2F6N4O5.ClH/c1-27(56)52-33-8-13-54(14-9-33)38(57)25-59-37-22-28-4-2-3-5-34(28)40(37)10-15-53(16-11-40)17-12-41(30-6-7-35(44)36(45)24-30)26-55(18-19-60-41)39(58)29-20-31(42(46,47)48)23-32(21-29)43(49,50)51;/h2-7,20-21,23-24,33,37H,8-19,22,25-26H2,1H3,(H,52,56);1H/t37-,41-;/m0./s1. The van der Waals surface area contributed by atoms with E-state index in [1.54, 1.807) is 23.1 Å². The van der Waals surface area contributed by atoms with Crippen LogP contribution in [0.2, 0.25) is 10.0 Å². The number of nitrogens with one attached hydrogen (secondary N) is 1. The molecule has 1 spiro atoms. The van der Waals surface area contributed by atoms with Gasteiger partial charge < -0.3 is 29.5 Å². The smallest absolute Gasteiger partial charge is 0.367 e. The molecule has 0 saturated carbocycles. The number of likely N-dealkylation sites (tertiary alicyclic amines) is 2. The highest BCUT2D eigenvalue weighted by molar-refractivity contribution is 6.42. The van der Waals surface area contributed by atoms with Crippen LogP contribution in [0.1, 0.15) is 77.2 Å². The van der Waals surface area contributed by atoms with Gasteiger partial charge in [0.1, 0.15) is 12.2 Å². The van der Waals surface area contributed by atoms with Gasteiger partial charge in [0.15, 0.2) is 0 Å². The normalized spacial score (nSPS) is 22.1. The lowest BCUT2D eigenvalue weighted by atomic mass is 9.72. The third kappa shape index (κ3) is 10.3. The lowest BCUT2D eigenvalue weighted by Gasteiger charge is -2.46. The van der Waals surface area contributed by atoms with Gasteiger partial charge in [-0.15, -0.1) is 12.4 Å². The fourth-order valence-corrected chi connectivity index (χ4v) is 9.67. The number of alkyl halides is 6. The first kappa shape index (κ1) is 46.9. The number of fused-ring (bicyclic) bond motifs is 2. The number of amides is 3. The van der Waals surface area contributed by atoms with Crippen LogP contribution < -0.4 is 5.32 Å². The van der Waals surface area contributed by atoms with E-state index < -0.39 is 40.6 Å². The van der Waals surface area contributed by atoms with Crippen LogP contribution in [-0.2, 0) is 48.9 Å². The zero-order chi connectivity index (χ0) is 43.0. The maximum Gasteiger partial charge on any atom is 0.416 e. The summed E-state index contributed by atoms with van der Waals surface area (Å²) in [4.78, 5) is 43.9. The number of ether oxygens (including phenoxy) is 2. The molecule has 61 heavy (non-hydrogen) atoms. The average Bonchev–Trinajstić information content (AvgIpc) is 3.51. The summed E-state index contributed by atoms with van der Waals surface area (Å²) in [5, 5.41) is 3.41. The Kier molecular flexibility index (Phi) is 14.3. The first-order valence-corrected chi connectivity index (χ1v) is 20.8. The number of nitrogens with zero attached hydrogens (tertiary/aromatic N) is 3. The second kappa shape index (κ2) is 18.6. The van der Waals surface area contributed by atoms with E-state index in [1.165, 1.54) is 23.0 Å². The Labute approximate surface area is 366 Å². The number of hydrogen-bond donors (Lipinski definition) is 1. The van der Waals surface area contributed by atoms with Crippen molar-refractivity contribution in [2.45, 2.75) is 81.0 Å². The predicted molar refractivity (Wildman–Crippen MR) is 219 cm³/mol. The lowest BCUT2D eigenvalue weighted by Crippen LogP contribution is -2.54. The average molecular weight is 920 g/mol. The quantitative estimate of drug-likeness (QED) is 0.218. The molecular weight excluding hydrogens is 873 g/mol. The molecule has 3 heterocycles. The van der Waals surface area contributed by atoms with Gasteiger partial charge in [-0.25, -0.2) is 0 Å². The van der Waals surface area contributed by atoms with Crippen LogP contribution in [0.3, 0.4) is 0 Å². The van der Waals surface area contributed by atoms with Crippen LogP contribution in [0, 0.1) is 0 Å². The van der Waals surface area contributed by atoms with Crippen molar-refractivity contribution in [2.75, 3.05) is 59.0 Å². The molecule has 0 unspecified atom stereocenters. The zero-order valence-corrected chi connectivity index (χ0v) is 35.7. The molecule has 3 aromatic rings. The second-order valence-corrected chi connectivity index (χ2v) is 17.1. The molecule has 0 radical (unpaired) electrons. The van der Waals surface area contributed by atoms with Gasteiger partial charge in [0.2, 0.25) is 11.8 Å². The molecule has 3 saturated heterocycles. The highest BCUT2D eigenvalue weighted by atomic mass is 35.5.